The second-order valence-electron chi connectivity index (χ2n) is 8.48. The van der Waals surface area contributed by atoms with Crippen molar-refractivity contribution in [3.8, 4) is 0 Å². The summed E-state index contributed by atoms with van der Waals surface area (Å²) in [4.78, 5) is 36.4. The fourth-order valence-corrected chi connectivity index (χ4v) is 4.17. The van der Waals surface area contributed by atoms with Gasteiger partial charge in [-0.15, -0.1) is 0 Å². The number of likely N-dealkylation sites (N-methyl/N-ethyl adjacent to an activating group) is 1. The average Bonchev–Trinajstić information content (AvgIpc) is 2.73. The van der Waals surface area contributed by atoms with Crippen LogP contribution in [0.15, 0.2) is 18.3 Å². The molecule has 2 aliphatic rings. The predicted molar refractivity (Wildman–Crippen MR) is 112 cm³/mol. The molecule has 3 heterocycles. The number of aromatic nitrogens is 1. The zero-order valence-electron chi connectivity index (χ0n) is 17.6. The van der Waals surface area contributed by atoms with Gasteiger partial charge in [0, 0.05) is 57.8 Å². The lowest BCUT2D eigenvalue weighted by Crippen LogP contribution is -2.46. The van der Waals surface area contributed by atoms with Crippen LogP contribution in [0.25, 0.3) is 0 Å². The van der Waals surface area contributed by atoms with E-state index >= 15 is 0 Å². The fraction of sp³-hybridized carbons (Fsp3) is 0.682. The minimum atomic E-state index is -0.0119. The highest BCUT2D eigenvalue weighted by Gasteiger charge is 2.29. The molecule has 6 nitrogen and oxygen atoms in total. The third-order valence-corrected chi connectivity index (χ3v) is 5.91. The number of rotatable bonds is 6. The van der Waals surface area contributed by atoms with Gasteiger partial charge < -0.3 is 14.7 Å². The van der Waals surface area contributed by atoms with Crippen LogP contribution in [0, 0.1) is 11.8 Å². The first kappa shape index (κ1) is 20.8. The number of hydrogen-bond acceptors (Lipinski definition) is 5. The molecule has 1 aromatic heterocycles. The summed E-state index contributed by atoms with van der Waals surface area (Å²) in [5.41, 5.74) is 0.618. The molecule has 154 valence electrons. The van der Waals surface area contributed by atoms with Gasteiger partial charge in [0.15, 0.2) is 0 Å². The van der Waals surface area contributed by atoms with Gasteiger partial charge in [-0.25, -0.2) is 4.98 Å². The van der Waals surface area contributed by atoms with Crippen LogP contribution in [0.5, 0.6) is 0 Å². The smallest absolute Gasteiger partial charge is 0.255 e. The van der Waals surface area contributed by atoms with Crippen molar-refractivity contribution in [1.82, 2.24) is 14.8 Å². The fourth-order valence-electron chi connectivity index (χ4n) is 4.17. The zero-order valence-corrected chi connectivity index (χ0v) is 17.6. The summed E-state index contributed by atoms with van der Waals surface area (Å²) in [6.07, 6.45) is 4.10. The number of carbonyl (C=O) groups is 2. The predicted octanol–water partition coefficient (Wildman–Crippen LogP) is 2.69. The molecule has 0 N–H and O–H groups in total. The van der Waals surface area contributed by atoms with E-state index < -0.39 is 0 Å². The first-order valence-corrected chi connectivity index (χ1v) is 10.7. The number of piperazine rings is 1. The van der Waals surface area contributed by atoms with Crippen molar-refractivity contribution < 1.29 is 9.59 Å². The Bertz CT molecular complexity index is 666. The molecule has 0 bridgehead atoms. The van der Waals surface area contributed by atoms with E-state index in [2.05, 4.69) is 35.6 Å². The van der Waals surface area contributed by atoms with Gasteiger partial charge >= 0.3 is 0 Å². The summed E-state index contributed by atoms with van der Waals surface area (Å²) in [7, 11) is 0. The lowest BCUT2D eigenvalue weighted by atomic mass is 9.89. The van der Waals surface area contributed by atoms with Gasteiger partial charge in [0.2, 0.25) is 0 Å². The van der Waals surface area contributed by atoms with Crippen molar-refractivity contribution in [3.63, 3.8) is 0 Å². The molecular formula is C22H34N4O2. The number of anilines is 1. The minimum Gasteiger partial charge on any atom is -0.354 e. The molecule has 0 aliphatic carbocycles. The van der Waals surface area contributed by atoms with Crippen molar-refractivity contribution in [2.45, 2.75) is 40.0 Å². The summed E-state index contributed by atoms with van der Waals surface area (Å²) in [6.45, 7) is 12.7. The maximum absolute atomic E-state index is 12.9. The molecule has 2 saturated heterocycles. The first-order valence-electron chi connectivity index (χ1n) is 10.7. The number of carbonyl (C=O) groups excluding carboxylic acids is 2. The van der Waals surface area contributed by atoms with E-state index in [1.54, 1.807) is 6.20 Å². The van der Waals surface area contributed by atoms with E-state index in [1.807, 2.05) is 17.0 Å². The van der Waals surface area contributed by atoms with Crippen LogP contribution in [0.2, 0.25) is 0 Å². The van der Waals surface area contributed by atoms with Gasteiger partial charge in [-0.1, -0.05) is 20.8 Å². The second-order valence-corrected chi connectivity index (χ2v) is 8.48. The van der Waals surface area contributed by atoms with E-state index in [-0.39, 0.29) is 11.8 Å². The van der Waals surface area contributed by atoms with Gasteiger partial charge in [0.25, 0.3) is 5.91 Å². The topological polar surface area (TPSA) is 56.8 Å². The van der Waals surface area contributed by atoms with Gasteiger partial charge in [-0.05, 0) is 37.4 Å². The van der Waals surface area contributed by atoms with Crippen LogP contribution in [0.1, 0.15) is 50.4 Å². The number of likely N-dealkylation sites (tertiary alicyclic amines) is 1. The highest BCUT2D eigenvalue weighted by Crippen LogP contribution is 2.22. The molecule has 6 heteroatoms. The molecule has 3 rings (SSSR count). The largest absolute Gasteiger partial charge is 0.354 e. The maximum Gasteiger partial charge on any atom is 0.255 e. The van der Waals surface area contributed by atoms with E-state index in [4.69, 9.17) is 0 Å². The number of hydrogen-bond donors (Lipinski definition) is 0. The van der Waals surface area contributed by atoms with Crippen molar-refractivity contribution in [3.05, 3.63) is 23.9 Å². The molecule has 1 atom stereocenters. The Labute approximate surface area is 168 Å². The molecule has 0 saturated carbocycles. The number of pyridine rings is 1. The number of ketones is 1. The lowest BCUT2D eigenvalue weighted by Gasteiger charge is -2.35. The molecular weight excluding hydrogens is 352 g/mol. The summed E-state index contributed by atoms with van der Waals surface area (Å²) >= 11 is 0. The number of piperidine rings is 1. The normalized spacial score (nSPS) is 21.2. The molecule has 2 aliphatic heterocycles. The SMILES string of the molecule is CCN1CCN(c2ccc(C(=O)N3CCCC(C(=O)CC(C)C)C3)cn2)CC1. The molecule has 0 aromatic carbocycles. The Morgan fingerprint density at radius 3 is 2.50 bits per heavy atom. The second kappa shape index (κ2) is 9.50. The quantitative estimate of drug-likeness (QED) is 0.752. The summed E-state index contributed by atoms with van der Waals surface area (Å²) < 4.78 is 0. The Morgan fingerprint density at radius 2 is 1.89 bits per heavy atom. The van der Waals surface area contributed by atoms with Gasteiger partial charge in [-0.2, -0.15) is 0 Å². The van der Waals surface area contributed by atoms with Crippen molar-refractivity contribution in [1.29, 1.82) is 0 Å². The highest BCUT2D eigenvalue weighted by molar-refractivity contribution is 5.94. The summed E-state index contributed by atoms with van der Waals surface area (Å²) in [5, 5.41) is 0. The molecule has 1 unspecified atom stereocenters. The Kier molecular flexibility index (Phi) is 7.05. The van der Waals surface area contributed by atoms with Crippen LogP contribution in [-0.2, 0) is 4.79 Å². The molecule has 1 aromatic rings. The third-order valence-electron chi connectivity index (χ3n) is 5.91. The van der Waals surface area contributed by atoms with Crippen LogP contribution in [-0.4, -0.2) is 72.3 Å². The summed E-state index contributed by atoms with van der Waals surface area (Å²) in [6, 6.07) is 3.84. The lowest BCUT2D eigenvalue weighted by molar-refractivity contribution is -0.124. The molecule has 28 heavy (non-hydrogen) atoms. The molecule has 2 fully saturated rings. The van der Waals surface area contributed by atoms with Crippen LogP contribution < -0.4 is 4.90 Å². The van der Waals surface area contributed by atoms with E-state index in [1.165, 1.54) is 0 Å². The van der Waals surface area contributed by atoms with E-state index in [0.29, 0.717) is 30.2 Å². The van der Waals surface area contributed by atoms with Crippen molar-refractivity contribution in [2.24, 2.45) is 11.8 Å². The highest BCUT2D eigenvalue weighted by atomic mass is 16.2. The maximum atomic E-state index is 12.9. The Morgan fingerprint density at radius 1 is 1.14 bits per heavy atom. The van der Waals surface area contributed by atoms with E-state index in [0.717, 1.165) is 57.9 Å². The molecule has 1 amide bonds. The van der Waals surface area contributed by atoms with Crippen molar-refractivity contribution in [2.75, 3.05) is 50.7 Å². The minimum absolute atomic E-state index is 0.00287. The standard InChI is InChI=1S/C22H34N4O2/c1-4-24-10-12-25(13-11-24)21-8-7-18(15-23-21)22(28)26-9-5-6-19(16-26)20(27)14-17(2)3/h7-8,15,17,19H,4-6,9-14,16H2,1-3H3. The Hall–Kier alpha value is -1.95. The Balaban J connectivity index is 1.59. The third kappa shape index (κ3) is 5.10. The van der Waals surface area contributed by atoms with Gasteiger partial charge in [-0.3, -0.25) is 9.59 Å². The molecule has 0 spiro atoms. The summed E-state index contributed by atoms with van der Waals surface area (Å²) in [5.74, 6) is 1.59. The monoisotopic (exact) mass is 386 g/mol. The van der Waals surface area contributed by atoms with Crippen molar-refractivity contribution >= 4 is 17.5 Å². The van der Waals surface area contributed by atoms with Gasteiger partial charge in [0.1, 0.15) is 11.6 Å². The van der Waals surface area contributed by atoms with Gasteiger partial charge in [0.05, 0.1) is 5.56 Å². The van der Waals surface area contributed by atoms with E-state index in [9.17, 15) is 9.59 Å². The number of Topliss-reactive ketones (excluding diaryl/α,β-unsaturated/α-hetero) is 1. The first-order chi connectivity index (χ1) is 13.5. The van der Waals surface area contributed by atoms with Crippen LogP contribution >= 0.6 is 0 Å². The number of nitrogens with zero attached hydrogens (tertiary/aromatic N) is 4. The average molecular weight is 387 g/mol. The number of amides is 1. The van der Waals surface area contributed by atoms with Crippen LogP contribution in [0.3, 0.4) is 0 Å². The van der Waals surface area contributed by atoms with Crippen LogP contribution in [0.4, 0.5) is 5.82 Å². The zero-order chi connectivity index (χ0) is 20.1. The molecule has 0 radical (unpaired) electrons.